The van der Waals surface area contributed by atoms with Crippen LogP contribution in [-0.4, -0.2) is 12.0 Å². The SMILES string of the molecule is CNc1ccc(COc2ccc(F)cc2Cl)cc1[N+](=O)[O-]. The van der Waals surface area contributed by atoms with E-state index in [1.165, 1.54) is 18.2 Å². The van der Waals surface area contributed by atoms with Gasteiger partial charge < -0.3 is 10.1 Å². The summed E-state index contributed by atoms with van der Waals surface area (Å²) in [6, 6.07) is 8.51. The fraction of sp³-hybridized carbons (Fsp3) is 0.143. The van der Waals surface area contributed by atoms with Crippen LogP contribution < -0.4 is 10.1 Å². The smallest absolute Gasteiger partial charge is 0.292 e. The Bertz CT molecular complexity index is 679. The molecular formula is C14H12ClFN2O3. The number of halogens is 2. The molecule has 110 valence electrons. The third-order valence-corrected chi connectivity index (χ3v) is 3.11. The lowest BCUT2D eigenvalue weighted by molar-refractivity contribution is -0.384. The second-order valence-electron chi connectivity index (χ2n) is 4.22. The first-order chi connectivity index (χ1) is 10.0. The zero-order chi connectivity index (χ0) is 15.4. The number of nitro groups is 1. The maximum absolute atomic E-state index is 12.9. The van der Waals surface area contributed by atoms with E-state index in [-0.39, 0.29) is 17.3 Å². The van der Waals surface area contributed by atoms with Gasteiger partial charge in [0.15, 0.2) is 0 Å². The summed E-state index contributed by atoms with van der Waals surface area (Å²) >= 11 is 5.84. The molecule has 0 radical (unpaired) electrons. The Labute approximate surface area is 125 Å². The third kappa shape index (κ3) is 3.61. The van der Waals surface area contributed by atoms with E-state index in [2.05, 4.69) is 5.32 Å². The Hall–Kier alpha value is -2.34. The van der Waals surface area contributed by atoms with Crippen molar-refractivity contribution in [2.24, 2.45) is 0 Å². The fourth-order valence-electron chi connectivity index (χ4n) is 1.78. The highest BCUT2D eigenvalue weighted by Gasteiger charge is 2.14. The molecule has 1 N–H and O–H groups in total. The molecule has 0 fully saturated rings. The highest BCUT2D eigenvalue weighted by molar-refractivity contribution is 6.32. The molecule has 7 heteroatoms. The number of nitro benzene ring substituents is 1. The van der Waals surface area contributed by atoms with Crippen molar-refractivity contribution in [3.05, 3.63) is 62.9 Å². The van der Waals surface area contributed by atoms with Gasteiger partial charge in [-0.2, -0.15) is 0 Å². The van der Waals surface area contributed by atoms with E-state index in [4.69, 9.17) is 16.3 Å². The first-order valence-electron chi connectivity index (χ1n) is 6.04. The number of hydrogen-bond acceptors (Lipinski definition) is 4. The summed E-state index contributed by atoms with van der Waals surface area (Å²) < 4.78 is 18.4. The molecule has 0 aliphatic heterocycles. The molecule has 0 saturated heterocycles. The van der Waals surface area contributed by atoms with Gasteiger partial charge >= 0.3 is 0 Å². The molecule has 0 bridgehead atoms. The molecule has 0 aliphatic rings. The van der Waals surface area contributed by atoms with Crippen molar-refractivity contribution >= 4 is 23.0 Å². The van der Waals surface area contributed by atoms with Gasteiger partial charge in [-0.1, -0.05) is 17.7 Å². The largest absolute Gasteiger partial charge is 0.487 e. The van der Waals surface area contributed by atoms with Gasteiger partial charge in [0.05, 0.1) is 9.95 Å². The van der Waals surface area contributed by atoms with E-state index in [1.807, 2.05) is 0 Å². The molecule has 2 rings (SSSR count). The molecule has 5 nitrogen and oxygen atoms in total. The van der Waals surface area contributed by atoms with Crippen molar-refractivity contribution < 1.29 is 14.1 Å². The van der Waals surface area contributed by atoms with E-state index in [9.17, 15) is 14.5 Å². The average Bonchev–Trinajstić information content (AvgIpc) is 2.46. The summed E-state index contributed by atoms with van der Waals surface area (Å²) in [5, 5.41) is 13.9. The number of ether oxygens (including phenoxy) is 1. The Kier molecular flexibility index (Phi) is 4.59. The summed E-state index contributed by atoms with van der Waals surface area (Å²) in [6.07, 6.45) is 0. The molecule has 0 amide bonds. The van der Waals surface area contributed by atoms with Crippen LogP contribution in [0, 0.1) is 15.9 Å². The second kappa shape index (κ2) is 6.41. The van der Waals surface area contributed by atoms with Gasteiger partial charge in [0, 0.05) is 13.1 Å². The maximum Gasteiger partial charge on any atom is 0.292 e. The molecule has 0 unspecified atom stereocenters. The lowest BCUT2D eigenvalue weighted by Gasteiger charge is -2.09. The summed E-state index contributed by atoms with van der Waals surface area (Å²) in [5.74, 6) is -0.139. The van der Waals surface area contributed by atoms with E-state index in [0.717, 1.165) is 6.07 Å². The number of anilines is 1. The highest BCUT2D eigenvalue weighted by Crippen LogP contribution is 2.28. The minimum atomic E-state index is -0.472. The number of nitrogens with one attached hydrogen (secondary N) is 1. The Balaban J connectivity index is 2.16. The summed E-state index contributed by atoms with van der Waals surface area (Å²) in [4.78, 5) is 10.5. The molecule has 21 heavy (non-hydrogen) atoms. The number of benzene rings is 2. The standard InChI is InChI=1S/C14H12ClFN2O3/c1-17-12-4-2-9(6-13(12)18(19)20)8-21-14-5-3-10(16)7-11(14)15/h2-7,17H,8H2,1H3. The summed E-state index contributed by atoms with van der Waals surface area (Å²) in [6.45, 7) is 0.0934. The van der Waals surface area contributed by atoms with Crippen LogP contribution in [0.3, 0.4) is 0 Å². The normalized spacial score (nSPS) is 10.2. The van der Waals surface area contributed by atoms with Gasteiger partial charge in [-0.15, -0.1) is 0 Å². The van der Waals surface area contributed by atoms with Crippen molar-refractivity contribution in [2.75, 3.05) is 12.4 Å². The van der Waals surface area contributed by atoms with E-state index in [1.54, 1.807) is 19.2 Å². The molecule has 0 aromatic heterocycles. The quantitative estimate of drug-likeness (QED) is 0.669. The molecule has 2 aromatic rings. The fourth-order valence-corrected chi connectivity index (χ4v) is 2.00. The van der Waals surface area contributed by atoms with Crippen LogP contribution in [0.15, 0.2) is 36.4 Å². The lowest BCUT2D eigenvalue weighted by Crippen LogP contribution is -2.00. The van der Waals surface area contributed by atoms with Crippen molar-refractivity contribution in [2.45, 2.75) is 6.61 Å². The summed E-state index contributed by atoms with van der Waals surface area (Å²) in [5.41, 5.74) is 0.994. The summed E-state index contributed by atoms with van der Waals surface area (Å²) in [7, 11) is 1.61. The van der Waals surface area contributed by atoms with Crippen molar-refractivity contribution in [1.82, 2.24) is 0 Å². The zero-order valence-electron chi connectivity index (χ0n) is 11.1. The molecule has 2 aromatic carbocycles. The number of hydrogen-bond donors (Lipinski definition) is 1. The van der Waals surface area contributed by atoms with Crippen LogP contribution in [0.5, 0.6) is 5.75 Å². The molecule has 0 atom stereocenters. The first-order valence-corrected chi connectivity index (χ1v) is 6.42. The highest BCUT2D eigenvalue weighted by atomic mass is 35.5. The Morgan fingerprint density at radius 3 is 2.71 bits per heavy atom. The van der Waals surface area contributed by atoms with Crippen molar-refractivity contribution in [3.63, 3.8) is 0 Å². The topological polar surface area (TPSA) is 64.4 Å². The van der Waals surface area contributed by atoms with Gasteiger partial charge in [0.2, 0.25) is 0 Å². The number of nitrogens with zero attached hydrogens (tertiary/aromatic N) is 1. The van der Waals surface area contributed by atoms with Gasteiger partial charge in [0.1, 0.15) is 23.9 Å². The molecule has 0 saturated carbocycles. The molecular weight excluding hydrogens is 299 g/mol. The van der Waals surface area contributed by atoms with Crippen LogP contribution in [0.4, 0.5) is 15.8 Å². The lowest BCUT2D eigenvalue weighted by atomic mass is 10.2. The second-order valence-corrected chi connectivity index (χ2v) is 4.63. The minimum absolute atomic E-state index is 0.0381. The third-order valence-electron chi connectivity index (χ3n) is 2.82. The Morgan fingerprint density at radius 2 is 2.10 bits per heavy atom. The van der Waals surface area contributed by atoms with Gasteiger partial charge in [-0.3, -0.25) is 10.1 Å². The van der Waals surface area contributed by atoms with Gasteiger partial charge in [-0.25, -0.2) is 4.39 Å². The van der Waals surface area contributed by atoms with Crippen molar-refractivity contribution in [1.29, 1.82) is 0 Å². The predicted octanol–water partition coefficient (Wildman–Crippen LogP) is 4.01. The predicted molar refractivity (Wildman–Crippen MR) is 78.4 cm³/mol. The van der Waals surface area contributed by atoms with Gasteiger partial charge in [-0.05, 0) is 29.8 Å². The first kappa shape index (κ1) is 15.1. The van der Waals surface area contributed by atoms with E-state index in [0.29, 0.717) is 17.0 Å². The average molecular weight is 311 g/mol. The molecule has 0 heterocycles. The minimum Gasteiger partial charge on any atom is -0.487 e. The maximum atomic E-state index is 12.9. The van der Waals surface area contributed by atoms with Crippen LogP contribution in [0.25, 0.3) is 0 Å². The zero-order valence-corrected chi connectivity index (χ0v) is 11.9. The van der Waals surface area contributed by atoms with Crippen LogP contribution >= 0.6 is 11.6 Å². The molecule has 0 aliphatic carbocycles. The number of rotatable bonds is 5. The molecule has 0 spiro atoms. The van der Waals surface area contributed by atoms with Crippen molar-refractivity contribution in [3.8, 4) is 5.75 Å². The van der Waals surface area contributed by atoms with E-state index < -0.39 is 10.7 Å². The van der Waals surface area contributed by atoms with Crippen LogP contribution in [0.1, 0.15) is 5.56 Å². The Morgan fingerprint density at radius 1 is 1.33 bits per heavy atom. The van der Waals surface area contributed by atoms with Crippen LogP contribution in [0.2, 0.25) is 5.02 Å². The van der Waals surface area contributed by atoms with Crippen LogP contribution in [-0.2, 0) is 6.61 Å². The monoisotopic (exact) mass is 310 g/mol. The van der Waals surface area contributed by atoms with E-state index >= 15 is 0 Å². The van der Waals surface area contributed by atoms with Gasteiger partial charge in [0.25, 0.3) is 5.69 Å².